The topological polar surface area (TPSA) is 57.7 Å². The molecule has 0 spiro atoms. The predicted molar refractivity (Wildman–Crippen MR) is 110 cm³/mol. The molecule has 0 radical (unpaired) electrons. The third-order valence-electron chi connectivity index (χ3n) is 7.47. The Hall–Kier alpha value is -0.470. The molecule has 4 aliphatic carbocycles. The Balaban J connectivity index is 1.20. The average Bonchev–Trinajstić information content (AvgIpc) is 3.08. The summed E-state index contributed by atoms with van der Waals surface area (Å²) >= 11 is 7.00. The summed E-state index contributed by atoms with van der Waals surface area (Å²) in [4.78, 5) is 15.4. The SMILES string of the molecule is O=C(CN1CCN(S(=O)(=O)c2ccc(Cl)s2)CC1)C12CC3CC(CC(C3)C1)C2. The molecule has 1 aliphatic heterocycles. The second-order valence-electron chi connectivity index (χ2n) is 9.36. The van der Waals surface area contributed by atoms with Gasteiger partial charge in [-0.1, -0.05) is 11.6 Å². The monoisotopic (exact) mass is 442 g/mol. The smallest absolute Gasteiger partial charge is 0.252 e. The fourth-order valence-electron chi connectivity index (χ4n) is 6.51. The number of carbonyl (C=O) groups is 1. The Morgan fingerprint density at radius 1 is 1.04 bits per heavy atom. The maximum absolute atomic E-state index is 13.3. The van der Waals surface area contributed by atoms with E-state index in [1.807, 2.05) is 0 Å². The van der Waals surface area contributed by atoms with E-state index in [0.29, 0.717) is 47.1 Å². The molecule has 6 rings (SSSR count). The minimum Gasteiger partial charge on any atom is -0.298 e. The summed E-state index contributed by atoms with van der Waals surface area (Å²) in [5.41, 5.74) is -0.0638. The van der Waals surface area contributed by atoms with E-state index in [4.69, 9.17) is 11.6 Å². The molecule has 0 atom stereocenters. The molecule has 2 heterocycles. The van der Waals surface area contributed by atoms with Gasteiger partial charge in [0.15, 0.2) is 5.78 Å². The summed E-state index contributed by atoms with van der Waals surface area (Å²) in [5, 5.41) is 0. The van der Waals surface area contributed by atoms with Crippen LogP contribution in [0.2, 0.25) is 4.34 Å². The molecule has 0 amide bonds. The Morgan fingerprint density at radius 2 is 1.61 bits per heavy atom. The highest BCUT2D eigenvalue weighted by atomic mass is 35.5. The summed E-state index contributed by atoms with van der Waals surface area (Å²) in [5.74, 6) is 2.74. The van der Waals surface area contributed by atoms with Crippen molar-refractivity contribution in [1.29, 1.82) is 0 Å². The highest BCUT2D eigenvalue weighted by Gasteiger charge is 2.54. The predicted octanol–water partition coefficient (Wildman–Crippen LogP) is 3.49. The molecule has 28 heavy (non-hydrogen) atoms. The van der Waals surface area contributed by atoms with Crippen molar-refractivity contribution in [1.82, 2.24) is 9.21 Å². The standard InChI is InChI=1S/C20H27ClN2O3S2/c21-18-1-2-19(27-18)28(25,26)23-5-3-22(4-6-23)13-17(24)20-10-14-7-15(11-20)9-16(8-14)12-20/h1-2,14-16H,3-13H2. The number of ketones is 1. The fourth-order valence-corrected chi connectivity index (χ4v) is 9.57. The van der Waals surface area contributed by atoms with E-state index < -0.39 is 10.0 Å². The number of hydrogen-bond donors (Lipinski definition) is 0. The lowest BCUT2D eigenvalue weighted by Gasteiger charge is -2.56. The zero-order valence-electron chi connectivity index (χ0n) is 16.0. The van der Waals surface area contributed by atoms with Gasteiger partial charge >= 0.3 is 0 Å². The number of hydrogen-bond acceptors (Lipinski definition) is 5. The molecule has 5 aliphatic rings. The van der Waals surface area contributed by atoms with Crippen LogP contribution in [0.25, 0.3) is 0 Å². The van der Waals surface area contributed by atoms with Crippen molar-refractivity contribution in [3.63, 3.8) is 0 Å². The first-order valence-corrected chi connectivity index (χ1v) is 13.0. The Bertz CT molecular complexity index is 838. The van der Waals surface area contributed by atoms with E-state index in [9.17, 15) is 13.2 Å². The molecule has 154 valence electrons. The van der Waals surface area contributed by atoms with Crippen LogP contribution in [0.5, 0.6) is 0 Å². The molecule has 5 nitrogen and oxygen atoms in total. The van der Waals surface area contributed by atoms with Crippen molar-refractivity contribution < 1.29 is 13.2 Å². The zero-order valence-corrected chi connectivity index (χ0v) is 18.4. The summed E-state index contributed by atoms with van der Waals surface area (Å²) in [6.07, 6.45) is 7.34. The van der Waals surface area contributed by atoms with E-state index in [2.05, 4.69) is 4.90 Å². The summed E-state index contributed by atoms with van der Waals surface area (Å²) < 4.78 is 27.8. The van der Waals surface area contributed by atoms with Crippen molar-refractivity contribution in [2.45, 2.75) is 42.7 Å². The largest absolute Gasteiger partial charge is 0.298 e. The van der Waals surface area contributed by atoms with Crippen molar-refractivity contribution in [3.05, 3.63) is 16.5 Å². The van der Waals surface area contributed by atoms with Gasteiger partial charge < -0.3 is 0 Å². The molecule has 4 bridgehead atoms. The second kappa shape index (κ2) is 7.05. The van der Waals surface area contributed by atoms with Crippen LogP contribution in [-0.2, 0) is 14.8 Å². The molecule has 8 heteroatoms. The molecule has 5 fully saturated rings. The maximum Gasteiger partial charge on any atom is 0.252 e. The third kappa shape index (κ3) is 3.37. The number of nitrogens with zero attached hydrogens (tertiary/aromatic N) is 2. The molecule has 4 saturated carbocycles. The number of sulfonamides is 1. The van der Waals surface area contributed by atoms with Gasteiger partial charge in [-0.2, -0.15) is 4.31 Å². The summed E-state index contributed by atoms with van der Waals surface area (Å²) in [6, 6.07) is 3.20. The maximum atomic E-state index is 13.3. The number of piperazine rings is 1. The number of halogens is 1. The Labute approximate surface area is 176 Å². The van der Waals surface area contributed by atoms with Gasteiger partial charge in [0.2, 0.25) is 0 Å². The van der Waals surface area contributed by atoms with Crippen molar-refractivity contribution in [2.75, 3.05) is 32.7 Å². The number of thiophene rings is 1. The van der Waals surface area contributed by atoms with E-state index in [1.165, 1.54) is 23.6 Å². The molecule has 0 aromatic carbocycles. The Kier molecular flexibility index (Phi) is 4.91. The van der Waals surface area contributed by atoms with E-state index in [1.54, 1.807) is 12.1 Å². The summed E-state index contributed by atoms with van der Waals surface area (Å²) in [6.45, 7) is 2.61. The molecule has 1 saturated heterocycles. The van der Waals surface area contributed by atoms with Gasteiger partial charge in [-0.3, -0.25) is 9.69 Å². The quantitative estimate of drug-likeness (QED) is 0.700. The Morgan fingerprint density at radius 3 is 2.11 bits per heavy atom. The molecule has 1 aromatic rings. The first-order valence-electron chi connectivity index (χ1n) is 10.4. The van der Waals surface area contributed by atoms with Gasteiger partial charge in [0.05, 0.1) is 10.9 Å². The normalized spacial score (nSPS) is 36.1. The van der Waals surface area contributed by atoms with Gasteiger partial charge in [-0.25, -0.2) is 8.42 Å². The van der Waals surface area contributed by atoms with E-state index in [0.717, 1.165) is 48.4 Å². The average molecular weight is 443 g/mol. The highest BCUT2D eigenvalue weighted by Crippen LogP contribution is 2.60. The molecular formula is C20H27ClN2O3S2. The van der Waals surface area contributed by atoms with Crippen LogP contribution in [0.3, 0.4) is 0 Å². The first-order chi connectivity index (χ1) is 13.3. The van der Waals surface area contributed by atoms with Gasteiger partial charge in [0.1, 0.15) is 4.21 Å². The summed E-state index contributed by atoms with van der Waals surface area (Å²) in [7, 11) is -3.47. The molecule has 1 aromatic heterocycles. The van der Waals surface area contributed by atoms with Crippen LogP contribution in [0.4, 0.5) is 0 Å². The first kappa shape index (κ1) is 19.5. The lowest BCUT2D eigenvalue weighted by atomic mass is 9.48. The molecular weight excluding hydrogens is 416 g/mol. The minimum absolute atomic E-state index is 0.0638. The minimum atomic E-state index is -3.47. The number of rotatable bonds is 5. The van der Waals surface area contributed by atoms with Crippen molar-refractivity contribution in [3.8, 4) is 0 Å². The van der Waals surface area contributed by atoms with E-state index in [-0.39, 0.29) is 5.41 Å². The third-order valence-corrected chi connectivity index (χ3v) is 11.1. The van der Waals surface area contributed by atoms with Gasteiger partial charge in [0, 0.05) is 31.6 Å². The van der Waals surface area contributed by atoms with Crippen LogP contribution in [0.15, 0.2) is 16.3 Å². The van der Waals surface area contributed by atoms with Crippen LogP contribution in [0.1, 0.15) is 38.5 Å². The van der Waals surface area contributed by atoms with Crippen molar-refractivity contribution >= 4 is 38.7 Å². The highest BCUT2D eigenvalue weighted by molar-refractivity contribution is 7.91. The zero-order chi connectivity index (χ0) is 19.5. The molecule has 0 unspecified atom stereocenters. The van der Waals surface area contributed by atoms with Crippen molar-refractivity contribution in [2.24, 2.45) is 23.2 Å². The van der Waals surface area contributed by atoms with Gasteiger partial charge in [-0.15, -0.1) is 11.3 Å². The number of carbonyl (C=O) groups excluding carboxylic acids is 1. The molecule has 0 N–H and O–H groups in total. The van der Waals surface area contributed by atoms with Crippen LogP contribution < -0.4 is 0 Å². The van der Waals surface area contributed by atoms with Crippen LogP contribution in [0, 0.1) is 23.2 Å². The van der Waals surface area contributed by atoms with Gasteiger partial charge in [0.25, 0.3) is 10.0 Å². The lowest BCUT2D eigenvalue weighted by Crippen LogP contribution is -2.55. The fraction of sp³-hybridized carbons (Fsp3) is 0.750. The number of Topliss-reactive ketones (excluding diaryl/α,β-unsaturated/α-hetero) is 1. The van der Waals surface area contributed by atoms with Gasteiger partial charge in [-0.05, 0) is 68.4 Å². The second-order valence-corrected chi connectivity index (χ2v) is 13.2. The van der Waals surface area contributed by atoms with Crippen LogP contribution in [-0.4, -0.2) is 56.1 Å². The van der Waals surface area contributed by atoms with E-state index >= 15 is 0 Å². The lowest BCUT2D eigenvalue weighted by molar-refractivity contribution is -0.145. The van der Waals surface area contributed by atoms with Crippen LogP contribution >= 0.6 is 22.9 Å².